The van der Waals surface area contributed by atoms with E-state index in [0.29, 0.717) is 22.6 Å². The Hall–Kier alpha value is -11.5. The Labute approximate surface area is 601 Å². The molecule has 0 fully saturated rings. The molecule has 0 N–H and O–H groups in total. The summed E-state index contributed by atoms with van der Waals surface area (Å²) >= 11 is 0. The first kappa shape index (κ1) is 47.5. The second kappa shape index (κ2) is 22.8. The molecule has 474 valence electrons. The van der Waals surface area contributed by atoms with Gasteiger partial charge in [-0.3, -0.25) is 0 Å². The summed E-state index contributed by atoms with van der Waals surface area (Å²) in [5.41, 5.74) is 22.3. The lowest BCUT2D eigenvalue weighted by Gasteiger charge is -2.46. The van der Waals surface area contributed by atoms with Crippen LogP contribution in [0.15, 0.2) is 315 Å². The molecule has 14 aromatic carbocycles. The maximum absolute atomic E-state index is 9.89. The number of aromatic nitrogens is 1. The summed E-state index contributed by atoms with van der Waals surface area (Å²) in [5, 5.41) is -0.0938. The van der Waals surface area contributed by atoms with Crippen LogP contribution in [-0.4, -0.2) is 11.3 Å². The molecule has 0 unspecified atom stereocenters. The van der Waals surface area contributed by atoms with Crippen LogP contribution in [0.2, 0.25) is 0 Å². The van der Waals surface area contributed by atoms with Gasteiger partial charge in [-0.1, -0.05) is 304 Å². The lowest BCUT2D eigenvalue weighted by atomic mass is 9.33. The highest BCUT2D eigenvalue weighted by molar-refractivity contribution is 7.00. The molecule has 3 nitrogen and oxygen atoms in total. The zero-order chi connectivity index (χ0) is 78.4. The van der Waals surface area contributed by atoms with Crippen LogP contribution in [0.1, 0.15) is 95.5 Å². The van der Waals surface area contributed by atoms with E-state index in [1.54, 1.807) is 4.57 Å². The molecule has 0 saturated heterocycles. The van der Waals surface area contributed by atoms with Crippen molar-refractivity contribution in [1.82, 2.24) is 4.57 Å². The number of fused-ring (bicyclic) bond motifs is 10. The minimum absolute atomic E-state index is 0.0225. The fraction of sp³-hybridized carbons (Fsp3) is 0.116. The molecule has 0 spiro atoms. The van der Waals surface area contributed by atoms with Crippen molar-refractivity contribution in [3.63, 3.8) is 0 Å². The van der Waals surface area contributed by atoms with Crippen LogP contribution in [0.5, 0.6) is 0 Å². The molecule has 1 aromatic heterocycles. The normalized spacial score (nSPS) is 15.3. The molecule has 0 radical (unpaired) electrons. The van der Waals surface area contributed by atoms with Crippen LogP contribution >= 0.6 is 0 Å². The molecule has 0 saturated carbocycles. The molecule has 3 heterocycles. The van der Waals surface area contributed by atoms with E-state index in [1.165, 1.54) is 5.56 Å². The largest absolute Gasteiger partial charge is 0.310 e. The van der Waals surface area contributed by atoms with E-state index in [4.69, 9.17) is 4.11 Å². The smallest absolute Gasteiger partial charge is 0.252 e. The highest BCUT2D eigenvalue weighted by atomic mass is 15.2. The van der Waals surface area contributed by atoms with Gasteiger partial charge in [0, 0.05) is 66.9 Å². The Morgan fingerprint density at radius 2 is 0.747 bits per heavy atom. The zero-order valence-electron chi connectivity index (χ0n) is 69.4. The summed E-state index contributed by atoms with van der Waals surface area (Å²) in [6.45, 7) is 17.2. The zero-order valence-corrected chi connectivity index (χ0v) is 56.4. The van der Waals surface area contributed by atoms with Gasteiger partial charge in [-0.05, 0) is 172 Å². The molecule has 3 aliphatic rings. The summed E-state index contributed by atoms with van der Waals surface area (Å²) in [4.78, 5) is 4.78. The van der Waals surface area contributed by atoms with Crippen LogP contribution in [0.4, 0.5) is 34.1 Å². The molecule has 1 aliphatic carbocycles. The fourth-order valence-electron chi connectivity index (χ4n) is 15.9. The monoisotopic (exact) mass is 1280 g/mol. The molecule has 0 amide bonds. The van der Waals surface area contributed by atoms with Crippen molar-refractivity contribution in [3.05, 3.63) is 337 Å². The fourth-order valence-corrected chi connectivity index (χ4v) is 15.9. The lowest BCUT2D eigenvalue weighted by Crippen LogP contribution is -2.61. The van der Waals surface area contributed by atoms with E-state index in [1.807, 2.05) is 48.5 Å². The average Bonchev–Trinajstić information content (AvgIpc) is 0.900. The average molecular weight is 1280 g/mol. The molecule has 15 aromatic rings. The van der Waals surface area contributed by atoms with Crippen molar-refractivity contribution >= 4 is 79.0 Å². The third-order valence-corrected chi connectivity index (χ3v) is 20.8. The van der Waals surface area contributed by atoms with Crippen LogP contribution in [0.3, 0.4) is 0 Å². The number of para-hydroxylation sites is 2. The predicted molar refractivity (Wildman–Crippen MR) is 422 cm³/mol. The first-order valence-electron chi connectivity index (χ1n) is 40.5. The Balaban J connectivity index is 1.09. The SMILES string of the molecule is [2H]c1c([2H])c([2H])c(-c2ccc3c(c2)N(c2c(-c4ccccc4)cc(C(C)(C)C)cc2-c2ccccc2)c2cc(-c4cccc5c4-c4ccccc4C5(C)C)cc4c2B3c2ccc(-n3c5c([2H])c([2H])c([2H])c([2H])c5c5c([2H])c([2H])c([2H])c([2H])c53)cc2N4c2c(-c3ccccc3)cc(C(C)(C)C)cc2-c2ccccc2)c([2H])c1[2H]. The van der Waals surface area contributed by atoms with E-state index in [0.717, 1.165) is 123 Å². The molecule has 0 atom stereocenters. The second-order valence-corrected chi connectivity index (χ2v) is 29.0. The van der Waals surface area contributed by atoms with Gasteiger partial charge in [0.2, 0.25) is 0 Å². The van der Waals surface area contributed by atoms with Crippen LogP contribution in [0.25, 0.3) is 105 Å². The Kier molecular flexibility index (Phi) is 10.9. The van der Waals surface area contributed by atoms with Crippen LogP contribution in [0, 0.1) is 0 Å². The maximum Gasteiger partial charge on any atom is 0.252 e. The van der Waals surface area contributed by atoms with E-state index in [-0.39, 0.29) is 44.9 Å². The third-order valence-electron chi connectivity index (χ3n) is 20.8. The van der Waals surface area contributed by atoms with Crippen molar-refractivity contribution < 1.29 is 17.8 Å². The highest BCUT2D eigenvalue weighted by Gasteiger charge is 2.47. The number of anilines is 6. The summed E-state index contributed by atoms with van der Waals surface area (Å²) < 4.78 is 124. The van der Waals surface area contributed by atoms with E-state index in [9.17, 15) is 13.7 Å². The van der Waals surface area contributed by atoms with Crippen molar-refractivity contribution in [3.8, 4) is 83.6 Å². The number of rotatable bonds is 9. The van der Waals surface area contributed by atoms with E-state index in [2.05, 4.69) is 253 Å². The summed E-state index contributed by atoms with van der Waals surface area (Å²) in [6, 6.07) is 76.8. The molecule has 18 rings (SSSR count). The van der Waals surface area contributed by atoms with E-state index >= 15 is 0 Å². The van der Waals surface area contributed by atoms with Gasteiger partial charge in [0.1, 0.15) is 0 Å². The molecule has 2 aliphatic heterocycles. The topological polar surface area (TPSA) is 11.4 Å². The van der Waals surface area contributed by atoms with Crippen LogP contribution in [-0.2, 0) is 16.2 Å². The molecule has 0 bridgehead atoms. The third kappa shape index (κ3) is 9.62. The second-order valence-electron chi connectivity index (χ2n) is 29.0. The van der Waals surface area contributed by atoms with Gasteiger partial charge in [0.05, 0.1) is 40.2 Å². The van der Waals surface area contributed by atoms with Crippen molar-refractivity contribution in [2.75, 3.05) is 9.80 Å². The minimum Gasteiger partial charge on any atom is -0.310 e. The van der Waals surface area contributed by atoms with Crippen molar-refractivity contribution in [1.29, 1.82) is 0 Å². The van der Waals surface area contributed by atoms with Gasteiger partial charge < -0.3 is 14.4 Å². The van der Waals surface area contributed by atoms with Gasteiger partial charge in [0.25, 0.3) is 6.71 Å². The number of hydrogen-bond donors (Lipinski definition) is 0. The number of nitrogens with zero attached hydrogens (tertiary/aromatic N) is 3. The van der Waals surface area contributed by atoms with Gasteiger partial charge in [-0.2, -0.15) is 0 Å². The predicted octanol–water partition coefficient (Wildman–Crippen LogP) is 23.8. The van der Waals surface area contributed by atoms with Gasteiger partial charge in [0.15, 0.2) is 0 Å². The van der Waals surface area contributed by atoms with Gasteiger partial charge >= 0.3 is 0 Å². The number of hydrogen-bond acceptors (Lipinski definition) is 2. The molecule has 4 heteroatoms. The Morgan fingerprint density at radius 1 is 0.333 bits per heavy atom. The summed E-state index contributed by atoms with van der Waals surface area (Å²) in [6.07, 6.45) is 0. The molecule has 99 heavy (non-hydrogen) atoms. The van der Waals surface area contributed by atoms with Crippen molar-refractivity contribution in [2.45, 2.75) is 71.6 Å². The first-order valence-corrected chi connectivity index (χ1v) is 34.0. The van der Waals surface area contributed by atoms with Crippen molar-refractivity contribution in [2.24, 2.45) is 0 Å². The van der Waals surface area contributed by atoms with Crippen LogP contribution < -0.4 is 26.2 Å². The first-order chi connectivity index (χ1) is 53.6. The quantitative estimate of drug-likeness (QED) is 0.133. The molecular weight excluding hydrogens is 1190 g/mol. The summed E-state index contributed by atoms with van der Waals surface area (Å²) in [7, 11) is 0. The standard InChI is InChI=1S/C95H76BN3/c1-93(2,3)68-56-75(62-33-16-10-17-34-62)91(76(57-68)63-35-18-11-19-36-63)98-85-53-66(61-31-14-9-15-32-61)49-51-81(85)96-82-52-50-70(97-83-47-28-25-41-72(83)73-42-26-29-48-84(73)97)60-86(82)99(92-77(64-37-20-12-21-38-64)58-69(94(4,5)6)59-78(92)65-39-22-13-23-40-65)88-55-67(54-87(98)90(88)96)71-44-30-46-80-89(71)74-43-24-27-45-79(74)95(80,7)8/h9-60H,1-8H3/i9D,14D,15D,25D,26D,28D,29D,31D,32D,41D,42D,47D,48D. The van der Waals surface area contributed by atoms with E-state index < -0.39 is 84.0 Å². The Bertz CT molecular complexity index is 6320. The maximum atomic E-state index is 9.89. The summed E-state index contributed by atoms with van der Waals surface area (Å²) in [5.74, 6) is 0. The number of benzene rings is 14. The molecular formula is C95H76BN3. The minimum atomic E-state index is -0.711. The van der Waals surface area contributed by atoms with Gasteiger partial charge in [-0.15, -0.1) is 0 Å². The Morgan fingerprint density at radius 3 is 1.24 bits per heavy atom. The lowest BCUT2D eigenvalue weighted by molar-refractivity contribution is 0.590. The van der Waals surface area contributed by atoms with Gasteiger partial charge in [-0.25, -0.2) is 0 Å². The highest BCUT2D eigenvalue weighted by Crippen LogP contribution is 2.58.